The van der Waals surface area contributed by atoms with Crippen LogP contribution in [0.3, 0.4) is 0 Å². The smallest absolute Gasteiger partial charge is 0.106 e. The lowest BCUT2D eigenvalue weighted by Gasteiger charge is -2.00. The second kappa shape index (κ2) is 4.94. The average Bonchev–Trinajstić information content (AvgIpc) is 2.73. The molecule has 84 valence electrons. The Morgan fingerprint density at radius 3 is 2.62 bits per heavy atom. The van der Waals surface area contributed by atoms with E-state index in [1.54, 1.807) is 0 Å². The number of benzene rings is 1. The summed E-state index contributed by atoms with van der Waals surface area (Å²) in [6, 6.07) is 10.2. The van der Waals surface area contributed by atoms with Gasteiger partial charge in [0.2, 0.25) is 0 Å². The maximum atomic E-state index is 9.22. The number of imidazole rings is 1. The van der Waals surface area contributed by atoms with Gasteiger partial charge in [-0.1, -0.05) is 37.3 Å². The number of aliphatic hydroxyl groups is 1. The van der Waals surface area contributed by atoms with Crippen molar-refractivity contribution in [2.45, 2.75) is 26.4 Å². The fourth-order valence-electron chi connectivity index (χ4n) is 1.75. The third-order valence-corrected chi connectivity index (χ3v) is 2.62. The van der Waals surface area contributed by atoms with Crippen LogP contribution in [-0.4, -0.2) is 15.1 Å². The Kier molecular flexibility index (Phi) is 3.37. The molecular weight excluding hydrogens is 200 g/mol. The summed E-state index contributed by atoms with van der Waals surface area (Å²) in [5.41, 5.74) is 3.01. The van der Waals surface area contributed by atoms with Crippen molar-refractivity contribution >= 4 is 0 Å². The number of aromatic amines is 1. The Bertz CT molecular complexity index is 448. The second-order valence-electron chi connectivity index (χ2n) is 3.78. The van der Waals surface area contributed by atoms with Crippen LogP contribution < -0.4 is 0 Å². The maximum Gasteiger partial charge on any atom is 0.106 e. The lowest BCUT2D eigenvalue weighted by molar-refractivity contribution is 0.276. The van der Waals surface area contributed by atoms with Gasteiger partial charge in [0.25, 0.3) is 0 Å². The molecule has 2 aromatic rings. The first-order chi connectivity index (χ1) is 7.83. The predicted molar refractivity (Wildman–Crippen MR) is 63.1 cm³/mol. The second-order valence-corrected chi connectivity index (χ2v) is 3.78. The molecule has 0 fully saturated rings. The van der Waals surface area contributed by atoms with E-state index in [9.17, 15) is 5.11 Å². The quantitative estimate of drug-likeness (QED) is 0.821. The van der Waals surface area contributed by atoms with Gasteiger partial charge >= 0.3 is 0 Å². The number of H-pyrrole nitrogens is 1. The van der Waals surface area contributed by atoms with Crippen molar-refractivity contribution in [1.82, 2.24) is 9.97 Å². The van der Waals surface area contributed by atoms with Gasteiger partial charge in [-0.2, -0.15) is 0 Å². The molecule has 0 aliphatic rings. The van der Waals surface area contributed by atoms with Gasteiger partial charge in [-0.05, 0) is 5.56 Å². The monoisotopic (exact) mass is 216 g/mol. The van der Waals surface area contributed by atoms with Crippen molar-refractivity contribution in [2.75, 3.05) is 0 Å². The molecule has 0 spiro atoms. The third kappa shape index (κ3) is 2.31. The zero-order valence-electron chi connectivity index (χ0n) is 9.40. The van der Waals surface area contributed by atoms with E-state index in [0.717, 1.165) is 30.1 Å². The molecule has 1 heterocycles. The van der Waals surface area contributed by atoms with Gasteiger partial charge in [0.1, 0.15) is 5.82 Å². The van der Waals surface area contributed by atoms with Crippen LogP contribution in [0.1, 0.15) is 29.7 Å². The fourth-order valence-corrected chi connectivity index (χ4v) is 1.75. The van der Waals surface area contributed by atoms with Gasteiger partial charge in [0.15, 0.2) is 0 Å². The van der Waals surface area contributed by atoms with Crippen molar-refractivity contribution in [2.24, 2.45) is 0 Å². The van der Waals surface area contributed by atoms with Gasteiger partial charge in [-0.15, -0.1) is 0 Å². The molecule has 3 nitrogen and oxygen atoms in total. The highest BCUT2D eigenvalue weighted by Crippen LogP contribution is 2.12. The van der Waals surface area contributed by atoms with Crippen LogP contribution in [0.2, 0.25) is 0 Å². The molecule has 0 amide bonds. The van der Waals surface area contributed by atoms with E-state index in [4.69, 9.17) is 0 Å². The molecule has 1 aromatic carbocycles. The summed E-state index contributed by atoms with van der Waals surface area (Å²) in [6.07, 6.45) is 1.66. The molecule has 0 radical (unpaired) electrons. The molecule has 1 aromatic heterocycles. The highest BCUT2D eigenvalue weighted by atomic mass is 16.3. The number of hydrogen-bond donors (Lipinski definition) is 2. The SMILES string of the molecule is CCc1nc(CO)c(Cc2ccccc2)[nH]1. The van der Waals surface area contributed by atoms with E-state index < -0.39 is 0 Å². The van der Waals surface area contributed by atoms with Gasteiger partial charge in [-0.25, -0.2) is 4.98 Å². The minimum atomic E-state index is -0.00132. The van der Waals surface area contributed by atoms with Crippen LogP contribution in [0.5, 0.6) is 0 Å². The van der Waals surface area contributed by atoms with Crippen LogP contribution in [-0.2, 0) is 19.4 Å². The summed E-state index contributed by atoms with van der Waals surface area (Å²) in [6.45, 7) is 2.05. The summed E-state index contributed by atoms with van der Waals surface area (Å²) in [5.74, 6) is 0.940. The summed E-state index contributed by atoms with van der Waals surface area (Å²) in [4.78, 5) is 7.60. The lowest BCUT2D eigenvalue weighted by Crippen LogP contribution is -1.94. The minimum Gasteiger partial charge on any atom is -0.390 e. The van der Waals surface area contributed by atoms with E-state index in [2.05, 4.69) is 22.1 Å². The molecule has 2 N–H and O–H groups in total. The zero-order valence-corrected chi connectivity index (χ0v) is 9.40. The summed E-state index contributed by atoms with van der Waals surface area (Å²) in [7, 11) is 0. The Morgan fingerprint density at radius 1 is 1.25 bits per heavy atom. The number of aryl methyl sites for hydroxylation is 1. The molecule has 0 atom stereocenters. The Labute approximate surface area is 95.2 Å². The van der Waals surface area contributed by atoms with Crippen molar-refractivity contribution < 1.29 is 5.11 Å². The number of aliphatic hydroxyl groups excluding tert-OH is 1. The molecule has 3 heteroatoms. The minimum absolute atomic E-state index is 0.00132. The third-order valence-electron chi connectivity index (χ3n) is 2.62. The molecule has 0 saturated carbocycles. The van der Waals surface area contributed by atoms with Gasteiger partial charge in [0.05, 0.1) is 12.3 Å². The van der Waals surface area contributed by atoms with Crippen LogP contribution in [0.4, 0.5) is 0 Å². The topological polar surface area (TPSA) is 48.9 Å². The first-order valence-electron chi connectivity index (χ1n) is 5.55. The molecule has 0 aliphatic carbocycles. The number of aromatic nitrogens is 2. The highest BCUT2D eigenvalue weighted by Gasteiger charge is 2.08. The fraction of sp³-hybridized carbons (Fsp3) is 0.308. The molecule has 0 saturated heterocycles. The highest BCUT2D eigenvalue weighted by molar-refractivity contribution is 5.25. The van der Waals surface area contributed by atoms with Crippen LogP contribution in [0.25, 0.3) is 0 Å². The lowest BCUT2D eigenvalue weighted by atomic mass is 10.1. The molecule has 0 unspecified atom stereocenters. The van der Waals surface area contributed by atoms with Crippen LogP contribution in [0, 0.1) is 0 Å². The molecule has 16 heavy (non-hydrogen) atoms. The number of rotatable bonds is 4. The largest absolute Gasteiger partial charge is 0.390 e. The number of hydrogen-bond acceptors (Lipinski definition) is 2. The predicted octanol–water partition coefficient (Wildman–Crippen LogP) is 2.06. The maximum absolute atomic E-state index is 9.22. The Morgan fingerprint density at radius 2 is 2.00 bits per heavy atom. The van der Waals surface area contributed by atoms with Gasteiger partial charge < -0.3 is 10.1 Å². The number of nitrogens with one attached hydrogen (secondary N) is 1. The molecule has 0 aliphatic heterocycles. The molecule has 0 bridgehead atoms. The van der Waals surface area contributed by atoms with Gasteiger partial charge in [0, 0.05) is 18.5 Å². The van der Waals surface area contributed by atoms with Crippen molar-refractivity contribution in [1.29, 1.82) is 0 Å². The standard InChI is InChI=1S/C13H16N2O/c1-2-13-14-11(12(9-16)15-13)8-10-6-4-3-5-7-10/h3-7,16H,2,8-9H2,1H3,(H,14,15). The summed E-state index contributed by atoms with van der Waals surface area (Å²) >= 11 is 0. The zero-order chi connectivity index (χ0) is 11.4. The van der Waals surface area contributed by atoms with Crippen LogP contribution in [0.15, 0.2) is 30.3 Å². The summed E-state index contributed by atoms with van der Waals surface area (Å²) < 4.78 is 0. The van der Waals surface area contributed by atoms with Gasteiger partial charge in [-0.3, -0.25) is 0 Å². The van der Waals surface area contributed by atoms with Crippen molar-refractivity contribution in [3.63, 3.8) is 0 Å². The van der Waals surface area contributed by atoms with E-state index in [1.165, 1.54) is 5.56 Å². The first kappa shape index (κ1) is 10.9. The molecule has 2 rings (SSSR count). The first-order valence-corrected chi connectivity index (χ1v) is 5.55. The average molecular weight is 216 g/mol. The normalized spacial score (nSPS) is 10.6. The summed E-state index contributed by atoms with van der Waals surface area (Å²) in [5, 5.41) is 9.22. The van der Waals surface area contributed by atoms with Crippen molar-refractivity contribution in [3.8, 4) is 0 Å². The van der Waals surface area contributed by atoms with E-state index in [1.807, 2.05) is 25.1 Å². The van der Waals surface area contributed by atoms with Crippen molar-refractivity contribution in [3.05, 3.63) is 53.1 Å². The Hall–Kier alpha value is -1.61. The van der Waals surface area contributed by atoms with E-state index in [0.29, 0.717) is 0 Å². The number of nitrogens with zero attached hydrogens (tertiary/aromatic N) is 1. The van der Waals surface area contributed by atoms with E-state index in [-0.39, 0.29) is 6.61 Å². The van der Waals surface area contributed by atoms with Crippen LogP contribution >= 0.6 is 0 Å². The van der Waals surface area contributed by atoms with E-state index >= 15 is 0 Å². The Balaban J connectivity index is 2.23. The molecular formula is C13H16N2O.